The number of aromatic amines is 1. The number of rotatable bonds is 2. The molecule has 0 amide bonds. The van der Waals surface area contributed by atoms with Gasteiger partial charge in [0.15, 0.2) is 5.78 Å². The highest BCUT2D eigenvalue weighted by molar-refractivity contribution is 6.00. The number of aryl methyl sites for hydroxylation is 1. The summed E-state index contributed by atoms with van der Waals surface area (Å²) in [5.41, 5.74) is 1.77. The van der Waals surface area contributed by atoms with Crippen molar-refractivity contribution in [2.24, 2.45) is 0 Å². The molecule has 1 aromatic carbocycles. The molecule has 4 nitrogen and oxygen atoms in total. The number of benzene rings is 1. The third-order valence-corrected chi connectivity index (χ3v) is 3.70. The third kappa shape index (κ3) is 2.13. The fourth-order valence-electron chi connectivity index (χ4n) is 2.68. The summed E-state index contributed by atoms with van der Waals surface area (Å²) in [6.45, 7) is 0. The number of H-pyrrole nitrogens is 1. The summed E-state index contributed by atoms with van der Waals surface area (Å²) in [5, 5.41) is 10.3. The average molecular weight is 269 g/mol. The molecule has 1 aliphatic rings. The van der Waals surface area contributed by atoms with Crippen molar-refractivity contribution in [1.82, 2.24) is 4.98 Å². The molecular formula is C16H15NO3. The van der Waals surface area contributed by atoms with Gasteiger partial charge in [0.2, 0.25) is 0 Å². The molecule has 0 atom stereocenters. The molecule has 1 aliphatic carbocycles. The van der Waals surface area contributed by atoms with Gasteiger partial charge in [0.05, 0.1) is 11.1 Å². The SMILES string of the molecule is O=C1CCCc2[nH]c(=O)c(Cc3ccccc3)c(O)c21. The minimum Gasteiger partial charge on any atom is -0.507 e. The Hall–Kier alpha value is -2.36. The van der Waals surface area contributed by atoms with E-state index in [1.54, 1.807) is 0 Å². The fourth-order valence-corrected chi connectivity index (χ4v) is 2.68. The Kier molecular flexibility index (Phi) is 3.14. The van der Waals surface area contributed by atoms with E-state index in [-0.39, 0.29) is 22.7 Å². The molecule has 0 radical (unpaired) electrons. The molecule has 1 aromatic heterocycles. The molecule has 0 spiro atoms. The van der Waals surface area contributed by atoms with E-state index in [2.05, 4.69) is 4.98 Å². The number of carbonyl (C=O) groups excluding carboxylic acids is 1. The van der Waals surface area contributed by atoms with Gasteiger partial charge in [-0.15, -0.1) is 0 Å². The molecule has 3 rings (SSSR count). The van der Waals surface area contributed by atoms with Crippen molar-refractivity contribution in [3.05, 3.63) is 63.1 Å². The molecule has 0 fully saturated rings. The van der Waals surface area contributed by atoms with Gasteiger partial charge in [0.25, 0.3) is 5.56 Å². The molecule has 0 saturated heterocycles. The number of carbonyl (C=O) groups is 1. The smallest absolute Gasteiger partial charge is 0.255 e. The molecule has 0 saturated carbocycles. The van der Waals surface area contributed by atoms with Crippen molar-refractivity contribution in [3.63, 3.8) is 0 Å². The molecule has 102 valence electrons. The summed E-state index contributed by atoms with van der Waals surface area (Å²) >= 11 is 0. The number of Topliss-reactive ketones (excluding diaryl/α,β-unsaturated/α-hetero) is 1. The predicted octanol–water partition coefficient (Wildman–Crippen LogP) is 2.19. The standard InChI is InChI=1S/C16H15NO3/c18-13-8-4-7-12-14(13)15(19)11(16(20)17-12)9-10-5-2-1-3-6-10/h1-3,5-6H,4,7-9H2,(H2,17,19,20). The average Bonchev–Trinajstić information content (AvgIpc) is 2.44. The summed E-state index contributed by atoms with van der Waals surface area (Å²) in [7, 11) is 0. The highest BCUT2D eigenvalue weighted by Crippen LogP contribution is 2.29. The zero-order valence-electron chi connectivity index (χ0n) is 11.0. The van der Waals surface area contributed by atoms with Crippen LogP contribution in [0.15, 0.2) is 35.1 Å². The van der Waals surface area contributed by atoms with E-state index < -0.39 is 0 Å². The first-order valence-electron chi connectivity index (χ1n) is 6.71. The maximum absolute atomic E-state index is 12.1. The van der Waals surface area contributed by atoms with Gasteiger partial charge in [-0.3, -0.25) is 9.59 Å². The maximum Gasteiger partial charge on any atom is 0.255 e. The van der Waals surface area contributed by atoms with Crippen molar-refractivity contribution < 1.29 is 9.90 Å². The number of nitrogens with one attached hydrogen (secondary N) is 1. The number of fused-ring (bicyclic) bond motifs is 1. The van der Waals surface area contributed by atoms with Gasteiger partial charge in [-0.1, -0.05) is 30.3 Å². The Labute approximate surface area is 116 Å². The summed E-state index contributed by atoms with van der Waals surface area (Å²) in [6.07, 6.45) is 2.11. The predicted molar refractivity (Wildman–Crippen MR) is 75.2 cm³/mol. The van der Waals surface area contributed by atoms with E-state index in [9.17, 15) is 14.7 Å². The van der Waals surface area contributed by atoms with Gasteiger partial charge in [0.1, 0.15) is 5.75 Å². The van der Waals surface area contributed by atoms with E-state index in [1.807, 2.05) is 30.3 Å². The van der Waals surface area contributed by atoms with Crippen LogP contribution < -0.4 is 5.56 Å². The van der Waals surface area contributed by atoms with Crippen LogP contribution in [0.3, 0.4) is 0 Å². The van der Waals surface area contributed by atoms with Crippen LogP contribution in [0, 0.1) is 0 Å². The van der Waals surface area contributed by atoms with Crippen molar-refractivity contribution in [1.29, 1.82) is 0 Å². The van der Waals surface area contributed by atoms with Gasteiger partial charge < -0.3 is 10.1 Å². The van der Waals surface area contributed by atoms with E-state index in [0.717, 1.165) is 12.0 Å². The number of aromatic hydroxyl groups is 1. The highest BCUT2D eigenvalue weighted by Gasteiger charge is 2.25. The lowest BCUT2D eigenvalue weighted by molar-refractivity contribution is 0.0968. The fraction of sp³-hybridized carbons (Fsp3) is 0.250. The number of hydrogen-bond donors (Lipinski definition) is 2. The van der Waals surface area contributed by atoms with Gasteiger partial charge in [-0.25, -0.2) is 0 Å². The quantitative estimate of drug-likeness (QED) is 0.878. The second kappa shape index (κ2) is 4.96. The topological polar surface area (TPSA) is 70.2 Å². The Morgan fingerprint density at radius 3 is 2.60 bits per heavy atom. The van der Waals surface area contributed by atoms with Crippen LogP contribution in [0.1, 0.15) is 40.0 Å². The lowest BCUT2D eigenvalue weighted by Crippen LogP contribution is -2.22. The monoisotopic (exact) mass is 269 g/mol. The summed E-state index contributed by atoms with van der Waals surface area (Å²) in [6, 6.07) is 9.43. The van der Waals surface area contributed by atoms with Crippen LogP contribution in [-0.4, -0.2) is 15.9 Å². The number of pyridine rings is 1. The van der Waals surface area contributed by atoms with Crippen molar-refractivity contribution in [2.75, 3.05) is 0 Å². The Bertz CT molecular complexity index is 716. The molecule has 0 bridgehead atoms. The normalized spacial score (nSPS) is 14.1. The van der Waals surface area contributed by atoms with Crippen LogP contribution in [0.25, 0.3) is 0 Å². The number of hydrogen-bond acceptors (Lipinski definition) is 3. The minimum absolute atomic E-state index is 0.0886. The van der Waals surface area contributed by atoms with Gasteiger partial charge in [-0.2, -0.15) is 0 Å². The van der Waals surface area contributed by atoms with Crippen LogP contribution >= 0.6 is 0 Å². The lowest BCUT2D eigenvalue weighted by atomic mass is 9.91. The maximum atomic E-state index is 12.1. The van der Waals surface area contributed by atoms with Crippen LogP contribution in [-0.2, 0) is 12.8 Å². The Morgan fingerprint density at radius 1 is 1.10 bits per heavy atom. The van der Waals surface area contributed by atoms with Crippen molar-refractivity contribution >= 4 is 5.78 Å². The molecule has 4 heteroatoms. The molecular weight excluding hydrogens is 254 g/mol. The molecule has 2 N–H and O–H groups in total. The lowest BCUT2D eigenvalue weighted by Gasteiger charge is -2.17. The highest BCUT2D eigenvalue weighted by atomic mass is 16.3. The second-order valence-corrected chi connectivity index (χ2v) is 5.07. The second-order valence-electron chi connectivity index (χ2n) is 5.07. The molecule has 1 heterocycles. The van der Waals surface area contributed by atoms with Crippen molar-refractivity contribution in [3.8, 4) is 5.75 Å². The van der Waals surface area contributed by atoms with Crippen molar-refractivity contribution in [2.45, 2.75) is 25.7 Å². The summed E-state index contributed by atoms with van der Waals surface area (Å²) in [4.78, 5) is 26.8. The first-order chi connectivity index (χ1) is 9.66. The zero-order chi connectivity index (χ0) is 14.1. The summed E-state index contributed by atoms with van der Waals surface area (Å²) in [5.74, 6) is -0.230. The Balaban J connectivity index is 2.10. The van der Waals surface area contributed by atoms with Gasteiger partial charge in [-0.05, 0) is 18.4 Å². The van der Waals surface area contributed by atoms with Gasteiger partial charge in [0, 0.05) is 18.5 Å². The molecule has 0 aliphatic heterocycles. The van der Waals surface area contributed by atoms with E-state index in [4.69, 9.17) is 0 Å². The van der Waals surface area contributed by atoms with Crippen LogP contribution in [0.2, 0.25) is 0 Å². The molecule has 20 heavy (non-hydrogen) atoms. The first-order valence-corrected chi connectivity index (χ1v) is 6.71. The molecule has 0 unspecified atom stereocenters. The van der Waals surface area contributed by atoms with E-state index in [1.165, 1.54) is 0 Å². The van der Waals surface area contributed by atoms with Crippen LogP contribution in [0.4, 0.5) is 0 Å². The molecule has 2 aromatic rings. The number of ketones is 1. The van der Waals surface area contributed by atoms with E-state index >= 15 is 0 Å². The Morgan fingerprint density at radius 2 is 1.85 bits per heavy atom. The zero-order valence-corrected chi connectivity index (χ0v) is 11.0. The summed E-state index contributed by atoms with van der Waals surface area (Å²) < 4.78 is 0. The number of aromatic nitrogens is 1. The first kappa shape index (κ1) is 12.7. The third-order valence-electron chi connectivity index (χ3n) is 3.70. The largest absolute Gasteiger partial charge is 0.507 e. The van der Waals surface area contributed by atoms with Crippen LogP contribution in [0.5, 0.6) is 5.75 Å². The van der Waals surface area contributed by atoms with Gasteiger partial charge >= 0.3 is 0 Å². The minimum atomic E-state index is -0.306. The van der Waals surface area contributed by atoms with E-state index in [0.29, 0.717) is 30.5 Å².